The first-order valence-corrected chi connectivity index (χ1v) is 11.2. The normalized spacial score (nSPS) is 12.7. The molecule has 1 aromatic heterocycles. The highest BCUT2D eigenvalue weighted by molar-refractivity contribution is 7.13. The number of hydrogen-bond acceptors (Lipinski definition) is 3. The van der Waals surface area contributed by atoms with E-state index in [0.29, 0.717) is 17.8 Å². The van der Waals surface area contributed by atoms with Gasteiger partial charge in [-0.15, -0.1) is 11.3 Å². The van der Waals surface area contributed by atoms with E-state index in [1.165, 1.54) is 21.6 Å². The number of allylic oxidation sites excluding steroid dienone is 1. The Hall–Kier alpha value is -2.26. The monoisotopic (exact) mass is 406 g/mol. The van der Waals surface area contributed by atoms with Crippen LogP contribution in [0.3, 0.4) is 0 Å². The van der Waals surface area contributed by atoms with E-state index in [4.69, 9.17) is 10.8 Å². The number of aryl methyl sites for hydroxylation is 2. The van der Waals surface area contributed by atoms with Crippen molar-refractivity contribution in [3.63, 3.8) is 0 Å². The lowest BCUT2D eigenvalue weighted by molar-refractivity contribution is 0.656. The molecular weight excluding hydrogens is 372 g/mol. The molecule has 1 heterocycles. The number of nitrogens with one attached hydrogen (secondary N) is 2. The molecule has 0 aliphatic heterocycles. The maximum absolute atomic E-state index is 8.48. The molecule has 0 aliphatic rings. The molecule has 29 heavy (non-hydrogen) atoms. The average Bonchev–Trinajstić information content (AvgIpc) is 2.94. The van der Waals surface area contributed by atoms with Crippen LogP contribution >= 0.6 is 11.3 Å². The van der Waals surface area contributed by atoms with Crippen molar-refractivity contribution in [2.24, 2.45) is 5.92 Å². The van der Waals surface area contributed by atoms with Crippen molar-refractivity contribution in [2.75, 3.05) is 0 Å². The molecule has 154 valence electrons. The lowest BCUT2D eigenvalue weighted by Crippen LogP contribution is -2.12. The lowest BCUT2D eigenvalue weighted by atomic mass is 9.91. The summed E-state index contributed by atoms with van der Waals surface area (Å²) in [5.41, 5.74) is 7.99. The molecule has 1 aromatic carbocycles. The van der Waals surface area contributed by atoms with Crippen molar-refractivity contribution >= 4 is 34.4 Å². The SMILES string of the molecule is C=C(c1ccc(C)cc1)c1c(/C=C(/CC(=N)[C@@H](C)CCC)C(C)=N)sc(C)c1C. The third kappa shape index (κ3) is 5.63. The van der Waals surface area contributed by atoms with Crippen molar-refractivity contribution in [1.29, 1.82) is 10.8 Å². The summed E-state index contributed by atoms with van der Waals surface area (Å²) in [4.78, 5) is 2.42. The fourth-order valence-corrected chi connectivity index (χ4v) is 4.63. The standard InChI is InChI=1S/C26H34N2S/c1-8-9-17(3)24(28)14-23(20(6)27)15-25-26(18(4)21(7)29-25)19(5)22-12-10-16(2)11-13-22/h10-13,15,17,27-28H,5,8-9,14H2,1-4,6-7H3/b23-15-,27-20?,28-24?/t17-/m0/s1. The zero-order chi connectivity index (χ0) is 21.7. The minimum atomic E-state index is 0.261. The fraction of sp³-hybridized carbons (Fsp3) is 0.385. The van der Waals surface area contributed by atoms with Crippen LogP contribution in [-0.2, 0) is 0 Å². The predicted octanol–water partition coefficient (Wildman–Crippen LogP) is 8.00. The Balaban J connectivity index is 2.46. The van der Waals surface area contributed by atoms with Gasteiger partial charge in [0.15, 0.2) is 0 Å². The number of benzene rings is 1. The van der Waals surface area contributed by atoms with Gasteiger partial charge in [0.1, 0.15) is 0 Å². The van der Waals surface area contributed by atoms with Crippen molar-refractivity contribution in [3.8, 4) is 0 Å². The predicted molar refractivity (Wildman–Crippen MR) is 131 cm³/mol. The van der Waals surface area contributed by atoms with Gasteiger partial charge in [0.25, 0.3) is 0 Å². The molecule has 0 saturated carbocycles. The first-order valence-electron chi connectivity index (χ1n) is 10.3. The van der Waals surface area contributed by atoms with E-state index in [-0.39, 0.29) is 5.92 Å². The minimum Gasteiger partial charge on any atom is -0.309 e. The molecule has 0 unspecified atom stereocenters. The molecular formula is C26H34N2S. The van der Waals surface area contributed by atoms with Gasteiger partial charge in [0, 0.05) is 33.2 Å². The minimum absolute atomic E-state index is 0.261. The molecule has 3 heteroatoms. The lowest BCUT2D eigenvalue weighted by Gasteiger charge is -2.14. The molecule has 0 radical (unpaired) electrons. The van der Waals surface area contributed by atoms with E-state index < -0.39 is 0 Å². The molecule has 2 nitrogen and oxygen atoms in total. The Morgan fingerprint density at radius 2 is 1.76 bits per heavy atom. The molecule has 2 aromatic rings. The van der Waals surface area contributed by atoms with Gasteiger partial charge in [0.05, 0.1) is 0 Å². The molecule has 2 rings (SSSR count). The maximum atomic E-state index is 8.48. The van der Waals surface area contributed by atoms with Gasteiger partial charge in [-0.3, -0.25) is 0 Å². The second-order valence-corrected chi connectivity index (χ2v) is 9.31. The third-order valence-electron chi connectivity index (χ3n) is 5.60. The second kappa shape index (κ2) is 9.98. The molecule has 0 saturated heterocycles. The van der Waals surface area contributed by atoms with Crippen LogP contribution in [0.25, 0.3) is 11.6 Å². The summed E-state index contributed by atoms with van der Waals surface area (Å²) in [6.45, 7) is 16.9. The van der Waals surface area contributed by atoms with Crippen LogP contribution in [0.2, 0.25) is 0 Å². The van der Waals surface area contributed by atoms with Gasteiger partial charge in [-0.05, 0) is 68.4 Å². The highest BCUT2D eigenvalue weighted by atomic mass is 32.1. The number of hydrogen-bond donors (Lipinski definition) is 2. The number of rotatable bonds is 9. The molecule has 0 spiro atoms. The summed E-state index contributed by atoms with van der Waals surface area (Å²) >= 11 is 1.75. The Labute approximate surface area is 180 Å². The highest BCUT2D eigenvalue weighted by Crippen LogP contribution is 2.37. The van der Waals surface area contributed by atoms with E-state index in [9.17, 15) is 0 Å². The average molecular weight is 407 g/mol. The summed E-state index contributed by atoms with van der Waals surface area (Å²) in [6, 6.07) is 8.49. The Morgan fingerprint density at radius 3 is 2.31 bits per heavy atom. The van der Waals surface area contributed by atoms with Crippen LogP contribution in [0.15, 0.2) is 36.4 Å². The van der Waals surface area contributed by atoms with E-state index in [1.807, 2.05) is 6.92 Å². The number of thiophene rings is 1. The second-order valence-electron chi connectivity index (χ2n) is 8.05. The summed E-state index contributed by atoms with van der Waals surface area (Å²) in [5.74, 6) is 0.261. The molecule has 0 aliphatic carbocycles. The van der Waals surface area contributed by atoms with Crippen LogP contribution in [0, 0.1) is 37.5 Å². The highest BCUT2D eigenvalue weighted by Gasteiger charge is 2.18. The van der Waals surface area contributed by atoms with Crippen LogP contribution in [0.5, 0.6) is 0 Å². The molecule has 1 atom stereocenters. The zero-order valence-corrected chi connectivity index (χ0v) is 19.5. The van der Waals surface area contributed by atoms with Gasteiger partial charge < -0.3 is 10.8 Å². The quantitative estimate of drug-likeness (QED) is 0.396. The van der Waals surface area contributed by atoms with Crippen LogP contribution < -0.4 is 0 Å². The van der Waals surface area contributed by atoms with Gasteiger partial charge in [-0.25, -0.2) is 0 Å². The Kier molecular flexibility index (Phi) is 7.92. The third-order valence-corrected chi connectivity index (χ3v) is 6.75. The summed E-state index contributed by atoms with van der Waals surface area (Å²) < 4.78 is 0. The Bertz CT molecular complexity index is 942. The van der Waals surface area contributed by atoms with Gasteiger partial charge >= 0.3 is 0 Å². The van der Waals surface area contributed by atoms with Crippen molar-refractivity contribution < 1.29 is 0 Å². The van der Waals surface area contributed by atoms with Crippen LogP contribution in [-0.4, -0.2) is 11.4 Å². The zero-order valence-electron chi connectivity index (χ0n) is 18.7. The summed E-state index contributed by atoms with van der Waals surface area (Å²) in [7, 11) is 0. The summed E-state index contributed by atoms with van der Waals surface area (Å²) in [6.07, 6.45) is 4.77. The largest absolute Gasteiger partial charge is 0.309 e. The van der Waals surface area contributed by atoms with E-state index in [1.54, 1.807) is 11.3 Å². The van der Waals surface area contributed by atoms with Gasteiger partial charge in [-0.2, -0.15) is 0 Å². The summed E-state index contributed by atoms with van der Waals surface area (Å²) in [5, 5.41) is 16.8. The van der Waals surface area contributed by atoms with E-state index in [2.05, 4.69) is 71.5 Å². The van der Waals surface area contributed by atoms with Gasteiger partial charge in [0.2, 0.25) is 0 Å². The Morgan fingerprint density at radius 1 is 1.14 bits per heavy atom. The first-order chi connectivity index (χ1) is 13.6. The molecule has 0 bridgehead atoms. The smallest absolute Gasteiger partial charge is 0.0357 e. The maximum Gasteiger partial charge on any atom is 0.0357 e. The first kappa shape index (κ1) is 23.0. The van der Waals surface area contributed by atoms with Gasteiger partial charge in [-0.1, -0.05) is 56.7 Å². The van der Waals surface area contributed by atoms with E-state index in [0.717, 1.165) is 34.4 Å². The van der Waals surface area contributed by atoms with Crippen molar-refractivity contribution in [2.45, 2.75) is 60.8 Å². The van der Waals surface area contributed by atoms with Crippen LogP contribution in [0.1, 0.15) is 72.0 Å². The fourth-order valence-electron chi connectivity index (χ4n) is 3.47. The van der Waals surface area contributed by atoms with Crippen molar-refractivity contribution in [3.05, 3.63) is 68.4 Å². The van der Waals surface area contributed by atoms with E-state index >= 15 is 0 Å². The molecule has 0 amide bonds. The molecule has 0 fully saturated rings. The van der Waals surface area contributed by atoms with Crippen LogP contribution in [0.4, 0.5) is 0 Å². The van der Waals surface area contributed by atoms with Crippen molar-refractivity contribution in [1.82, 2.24) is 0 Å². The topological polar surface area (TPSA) is 47.7 Å². The molecule has 2 N–H and O–H groups in total.